The van der Waals surface area contributed by atoms with Crippen LogP contribution in [0.1, 0.15) is 10.4 Å². The smallest absolute Gasteiger partial charge is 0.335 e. The van der Waals surface area contributed by atoms with Crippen LogP contribution in [-0.2, 0) is 0 Å². The minimum absolute atomic E-state index is 0.221. The third-order valence-corrected chi connectivity index (χ3v) is 2.65. The van der Waals surface area contributed by atoms with Crippen molar-refractivity contribution >= 4 is 35.0 Å². The van der Waals surface area contributed by atoms with Crippen molar-refractivity contribution in [2.45, 2.75) is 0 Å². The Hall–Kier alpha value is -2.34. The molecule has 1 aromatic heterocycles. The number of nitrogens with zero attached hydrogens (tertiary/aromatic N) is 2. The fourth-order valence-electron chi connectivity index (χ4n) is 1.43. The van der Waals surface area contributed by atoms with E-state index in [0.717, 1.165) is 0 Å². The second-order valence-corrected chi connectivity index (χ2v) is 4.05. The van der Waals surface area contributed by atoms with Gasteiger partial charge in [-0.05, 0) is 24.3 Å². The molecule has 19 heavy (non-hydrogen) atoms. The number of nitrogens with one attached hydrogen (secondary N) is 2. The van der Waals surface area contributed by atoms with Gasteiger partial charge in [0.2, 0.25) is 5.95 Å². The first-order valence-corrected chi connectivity index (χ1v) is 5.78. The zero-order chi connectivity index (χ0) is 13.8. The maximum Gasteiger partial charge on any atom is 0.335 e. The Morgan fingerprint density at radius 3 is 2.58 bits per heavy atom. The van der Waals surface area contributed by atoms with Crippen LogP contribution in [0.15, 0.2) is 30.5 Å². The van der Waals surface area contributed by atoms with Crippen LogP contribution < -0.4 is 10.6 Å². The first kappa shape index (κ1) is 13.1. The Morgan fingerprint density at radius 2 is 2.00 bits per heavy atom. The average Bonchev–Trinajstić information content (AvgIpc) is 2.41. The van der Waals surface area contributed by atoms with Crippen LogP contribution in [-0.4, -0.2) is 28.1 Å². The molecular weight excluding hydrogens is 268 g/mol. The molecule has 2 aromatic rings. The van der Waals surface area contributed by atoms with Crippen molar-refractivity contribution in [2.75, 3.05) is 17.7 Å². The number of aromatic carboxylic acids is 1. The molecule has 0 unspecified atom stereocenters. The summed E-state index contributed by atoms with van der Waals surface area (Å²) in [7, 11) is 1.71. The van der Waals surface area contributed by atoms with Gasteiger partial charge in [-0.1, -0.05) is 11.6 Å². The summed E-state index contributed by atoms with van der Waals surface area (Å²) in [5.74, 6) is -0.0788. The molecule has 0 saturated heterocycles. The number of aromatic nitrogens is 2. The van der Waals surface area contributed by atoms with E-state index in [4.69, 9.17) is 16.7 Å². The molecule has 1 heterocycles. The topological polar surface area (TPSA) is 87.1 Å². The fraction of sp³-hybridized carbons (Fsp3) is 0.0833. The van der Waals surface area contributed by atoms with Gasteiger partial charge in [0.25, 0.3) is 0 Å². The Morgan fingerprint density at radius 1 is 1.32 bits per heavy atom. The number of anilines is 3. The van der Waals surface area contributed by atoms with Crippen LogP contribution in [0, 0.1) is 0 Å². The minimum atomic E-state index is -0.966. The lowest BCUT2D eigenvalue weighted by atomic mass is 10.2. The summed E-state index contributed by atoms with van der Waals surface area (Å²) in [5.41, 5.74) is 0.910. The number of benzene rings is 1. The van der Waals surface area contributed by atoms with E-state index in [1.807, 2.05) is 0 Å². The molecular formula is C12H11ClN4O2. The van der Waals surface area contributed by atoms with E-state index in [9.17, 15) is 4.79 Å². The van der Waals surface area contributed by atoms with Gasteiger partial charge in [0.05, 0.1) is 11.8 Å². The highest BCUT2D eigenvalue weighted by atomic mass is 35.5. The lowest BCUT2D eigenvalue weighted by Crippen LogP contribution is -2.01. The van der Waals surface area contributed by atoms with Crippen LogP contribution in [0.4, 0.5) is 17.5 Å². The Balaban J connectivity index is 2.19. The number of rotatable bonds is 4. The van der Waals surface area contributed by atoms with Gasteiger partial charge in [0.15, 0.2) is 0 Å². The highest BCUT2D eigenvalue weighted by molar-refractivity contribution is 6.32. The van der Waals surface area contributed by atoms with E-state index in [1.165, 1.54) is 18.3 Å². The molecule has 0 amide bonds. The SMILES string of the molecule is CNc1nc(Nc2ccc(C(=O)O)cc2)ncc1Cl. The molecule has 0 aliphatic rings. The second-order valence-electron chi connectivity index (χ2n) is 3.65. The molecule has 0 radical (unpaired) electrons. The third kappa shape index (κ3) is 3.11. The highest BCUT2D eigenvalue weighted by Crippen LogP contribution is 2.20. The molecule has 0 bridgehead atoms. The van der Waals surface area contributed by atoms with Gasteiger partial charge in [-0.3, -0.25) is 0 Å². The summed E-state index contributed by atoms with van der Waals surface area (Å²) < 4.78 is 0. The van der Waals surface area contributed by atoms with Gasteiger partial charge < -0.3 is 15.7 Å². The predicted molar refractivity (Wildman–Crippen MR) is 73.3 cm³/mol. The zero-order valence-corrected chi connectivity index (χ0v) is 10.8. The standard InChI is InChI=1S/C12H11ClN4O2/c1-14-10-9(13)6-15-12(17-10)16-8-4-2-7(3-5-8)11(18)19/h2-6H,1H3,(H,18,19)(H2,14,15,16,17). The molecule has 0 fully saturated rings. The van der Waals surface area contributed by atoms with Crippen LogP contribution in [0.3, 0.4) is 0 Å². The number of hydrogen-bond donors (Lipinski definition) is 3. The first-order valence-electron chi connectivity index (χ1n) is 5.41. The number of carbonyl (C=O) groups is 1. The van der Waals surface area contributed by atoms with Gasteiger partial charge in [-0.15, -0.1) is 0 Å². The van der Waals surface area contributed by atoms with Crippen LogP contribution >= 0.6 is 11.6 Å². The zero-order valence-electron chi connectivity index (χ0n) is 10.0. The summed E-state index contributed by atoms with van der Waals surface area (Å²) in [6.45, 7) is 0. The molecule has 0 saturated carbocycles. The number of carboxylic acid groups (broad SMARTS) is 1. The normalized spacial score (nSPS) is 10.0. The largest absolute Gasteiger partial charge is 0.478 e. The molecule has 0 aliphatic carbocycles. The summed E-state index contributed by atoms with van der Waals surface area (Å²) in [6.07, 6.45) is 1.48. The Labute approximate surface area is 114 Å². The van der Waals surface area contributed by atoms with Gasteiger partial charge in [0, 0.05) is 12.7 Å². The summed E-state index contributed by atoms with van der Waals surface area (Å²) >= 11 is 5.87. The van der Waals surface area contributed by atoms with E-state index in [0.29, 0.717) is 22.5 Å². The van der Waals surface area contributed by atoms with E-state index < -0.39 is 5.97 Å². The molecule has 0 atom stereocenters. The lowest BCUT2D eigenvalue weighted by Gasteiger charge is -2.07. The van der Waals surface area contributed by atoms with E-state index >= 15 is 0 Å². The van der Waals surface area contributed by atoms with Gasteiger partial charge in [-0.25, -0.2) is 9.78 Å². The average molecular weight is 279 g/mol. The summed E-state index contributed by atoms with van der Waals surface area (Å²) in [5, 5.41) is 15.0. The molecule has 6 nitrogen and oxygen atoms in total. The number of carboxylic acids is 1. The van der Waals surface area contributed by atoms with Crippen molar-refractivity contribution < 1.29 is 9.90 Å². The second kappa shape index (κ2) is 5.53. The quantitative estimate of drug-likeness (QED) is 0.797. The fourth-order valence-corrected chi connectivity index (χ4v) is 1.61. The molecule has 1 aromatic carbocycles. The molecule has 2 rings (SSSR count). The van der Waals surface area contributed by atoms with Crippen molar-refractivity contribution in [2.24, 2.45) is 0 Å². The maximum absolute atomic E-state index is 10.7. The molecule has 0 spiro atoms. The van der Waals surface area contributed by atoms with E-state index in [-0.39, 0.29) is 5.56 Å². The number of hydrogen-bond acceptors (Lipinski definition) is 5. The molecule has 3 N–H and O–H groups in total. The van der Waals surface area contributed by atoms with E-state index in [1.54, 1.807) is 19.2 Å². The Kier molecular flexibility index (Phi) is 3.82. The van der Waals surface area contributed by atoms with E-state index in [2.05, 4.69) is 20.6 Å². The molecule has 98 valence electrons. The van der Waals surface area contributed by atoms with Crippen molar-refractivity contribution in [3.05, 3.63) is 41.0 Å². The summed E-state index contributed by atoms with van der Waals surface area (Å²) in [4.78, 5) is 18.9. The van der Waals surface area contributed by atoms with Gasteiger partial charge in [0.1, 0.15) is 10.8 Å². The minimum Gasteiger partial charge on any atom is -0.478 e. The van der Waals surface area contributed by atoms with Gasteiger partial charge in [-0.2, -0.15) is 4.98 Å². The molecule has 0 aliphatic heterocycles. The molecule has 7 heteroatoms. The van der Waals surface area contributed by atoms with Crippen molar-refractivity contribution in [1.82, 2.24) is 9.97 Å². The van der Waals surface area contributed by atoms with Crippen LogP contribution in [0.2, 0.25) is 5.02 Å². The predicted octanol–water partition coefficient (Wildman–Crippen LogP) is 2.61. The van der Waals surface area contributed by atoms with Crippen LogP contribution in [0.5, 0.6) is 0 Å². The third-order valence-electron chi connectivity index (χ3n) is 2.37. The lowest BCUT2D eigenvalue weighted by molar-refractivity contribution is 0.0697. The Bertz CT molecular complexity index is 601. The van der Waals surface area contributed by atoms with Crippen molar-refractivity contribution in [3.8, 4) is 0 Å². The van der Waals surface area contributed by atoms with Crippen molar-refractivity contribution in [1.29, 1.82) is 0 Å². The highest BCUT2D eigenvalue weighted by Gasteiger charge is 2.05. The monoisotopic (exact) mass is 278 g/mol. The first-order chi connectivity index (χ1) is 9.10. The summed E-state index contributed by atoms with van der Waals surface area (Å²) in [6, 6.07) is 6.28. The van der Waals surface area contributed by atoms with Crippen LogP contribution in [0.25, 0.3) is 0 Å². The van der Waals surface area contributed by atoms with Gasteiger partial charge >= 0.3 is 5.97 Å². The van der Waals surface area contributed by atoms with Crippen molar-refractivity contribution in [3.63, 3.8) is 0 Å². The number of halogens is 1. The maximum atomic E-state index is 10.7.